The molecule has 23 heavy (non-hydrogen) atoms. The van der Waals surface area contributed by atoms with Crippen molar-refractivity contribution in [2.24, 2.45) is 0 Å². The lowest BCUT2D eigenvalue weighted by Crippen LogP contribution is -2.36. The Morgan fingerprint density at radius 1 is 1.26 bits per heavy atom. The Morgan fingerprint density at radius 2 is 2.00 bits per heavy atom. The van der Waals surface area contributed by atoms with Gasteiger partial charge in [0, 0.05) is 31.0 Å². The minimum absolute atomic E-state index is 0.0768. The van der Waals surface area contributed by atoms with Crippen LogP contribution >= 0.6 is 0 Å². The molecule has 0 aliphatic heterocycles. The van der Waals surface area contributed by atoms with Crippen LogP contribution in [0.1, 0.15) is 35.5 Å². The molecule has 0 saturated carbocycles. The first-order valence-electron chi connectivity index (χ1n) is 7.71. The molecule has 5 nitrogen and oxygen atoms in total. The normalized spacial score (nSPS) is 11.1. The quantitative estimate of drug-likeness (QED) is 0.744. The van der Waals surface area contributed by atoms with Gasteiger partial charge in [0.25, 0.3) is 5.91 Å². The zero-order chi connectivity index (χ0) is 16.4. The van der Waals surface area contributed by atoms with Crippen LogP contribution in [-0.4, -0.2) is 31.4 Å². The fourth-order valence-electron chi connectivity index (χ4n) is 2.49. The highest BCUT2D eigenvalue weighted by molar-refractivity contribution is 5.93. The third-order valence-corrected chi connectivity index (χ3v) is 3.74. The van der Waals surface area contributed by atoms with Crippen LogP contribution in [0.5, 0.6) is 0 Å². The van der Waals surface area contributed by atoms with E-state index in [1.54, 1.807) is 16.8 Å². The first kappa shape index (κ1) is 15.2. The van der Waals surface area contributed by atoms with E-state index in [9.17, 15) is 4.79 Å². The van der Waals surface area contributed by atoms with E-state index in [4.69, 9.17) is 0 Å². The molecule has 0 saturated heterocycles. The monoisotopic (exact) mass is 308 g/mol. The molecule has 1 amide bonds. The van der Waals surface area contributed by atoms with Crippen molar-refractivity contribution in [1.29, 1.82) is 0 Å². The zero-order valence-electron chi connectivity index (χ0n) is 13.6. The zero-order valence-corrected chi connectivity index (χ0v) is 13.6. The largest absolute Gasteiger partial charge is 0.330 e. The molecule has 0 N–H and O–H groups in total. The predicted molar refractivity (Wildman–Crippen MR) is 89.2 cm³/mol. The summed E-state index contributed by atoms with van der Waals surface area (Å²) in [5.74, 6) is -0.0768. The molecule has 0 aliphatic carbocycles. The van der Waals surface area contributed by atoms with Crippen molar-refractivity contribution in [1.82, 2.24) is 19.5 Å². The van der Waals surface area contributed by atoms with Gasteiger partial charge in [-0.1, -0.05) is 30.3 Å². The van der Waals surface area contributed by atoms with Crippen LogP contribution in [-0.2, 0) is 6.54 Å². The second kappa shape index (κ2) is 6.20. The van der Waals surface area contributed by atoms with Crippen LogP contribution in [0.4, 0.5) is 0 Å². The van der Waals surface area contributed by atoms with Gasteiger partial charge in [0.05, 0.1) is 0 Å². The Bertz CT molecular complexity index is 823. The molecule has 0 aliphatic rings. The van der Waals surface area contributed by atoms with E-state index in [2.05, 4.69) is 10.1 Å². The topological polar surface area (TPSA) is 50.5 Å². The van der Waals surface area contributed by atoms with Gasteiger partial charge in [0.15, 0.2) is 11.3 Å². The second-order valence-corrected chi connectivity index (χ2v) is 5.98. The summed E-state index contributed by atoms with van der Waals surface area (Å²) in [7, 11) is 0. The van der Waals surface area contributed by atoms with Crippen LogP contribution in [0.25, 0.3) is 5.65 Å². The Balaban J connectivity index is 1.90. The van der Waals surface area contributed by atoms with Gasteiger partial charge in [-0.05, 0) is 31.9 Å². The number of rotatable bonds is 4. The lowest BCUT2D eigenvalue weighted by Gasteiger charge is -2.26. The van der Waals surface area contributed by atoms with Gasteiger partial charge >= 0.3 is 0 Å². The Hall–Kier alpha value is -2.69. The Kier molecular flexibility index (Phi) is 4.10. The second-order valence-electron chi connectivity index (χ2n) is 5.98. The van der Waals surface area contributed by atoms with E-state index >= 15 is 0 Å². The van der Waals surface area contributed by atoms with Gasteiger partial charge in [-0.2, -0.15) is 5.10 Å². The molecular weight excluding hydrogens is 288 g/mol. The van der Waals surface area contributed by atoms with Crippen molar-refractivity contribution in [3.63, 3.8) is 0 Å². The van der Waals surface area contributed by atoms with Crippen molar-refractivity contribution in [2.45, 2.75) is 33.4 Å². The fourth-order valence-corrected chi connectivity index (χ4v) is 2.49. The summed E-state index contributed by atoms with van der Waals surface area (Å²) < 4.78 is 1.66. The smallest absolute Gasteiger partial charge is 0.274 e. The summed E-state index contributed by atoms with van der Waals surface area (Å²) in [5, 5.41) is 4.38. The molecule has 0 fully saturated rings. The molecule has 2 aromatic heterocycles. The summed E-state index contributed by atoms with van der Waals surface area (Å²) in [6.45, 7) is 6.54. The van der Waals surface area contributed by atoms with E-state index in [0.717, 1.165) is 11.1 Å². The van der Waals surface area contributed by atoms with E-state index in [-0.39, 0.29) is 11.9 Å². The minimum atomic E-state index is -0.0768. The van der Waals surface area contributed by atoms with E-state index in [1.165, 1.54) is 0 Å². The first-order valence-corrected chi connectivity index (χ1v) is 7.71. The third kappa shape index (κ3) is 3.23. The lowest BCUT2D eigenvalue weighted by molar-refractivity contribution is 0.0684. The maximum atomic E-state index is 12.9. The Labute approximate surface area is 135 Å². The number of carbonyl (C=O) groups is 1. The van der Waals surface area contributed by atoms with Crippen molar-refractivity contribution >= 4 is 11.6 Å². The van der Waals surface area contributed by atoms with Gasteiger partial charge in [-0.25, -0.2) is 9.50 Å². The lowest BCUT2D eigenvalue weighted by atomic mass is 10.2. The van der Waals surface area contributed by atoms with Crippen molar-refractivity contribution in [2.75, 3.05) is 0 Å². The number of nitrogens with zero attached hydrogens (tertiary/aromatic N) is 4. The van der Waals surface area contributed by atoms with Crippen LogP contribution in [0.3, 0.4) is 0 Å². The number of carbonyl (C=O) groups excluding carboxylic acids is 1. The van der Waals surface area contributed by atoms with Crippen molar-refractivity contribution < 1.29 is 4.79 Å². The summed E-state index contributed by atoms with van der Waals surface area (Å²) in [6, 6.07) is 11.8. The van der Waals surface area contributed by atoms with Gasteiger partial charge < -0.3 is 4.90 Å². The molecule has 0 spiro atoms. The molecule has 118 valence electrons. The van der Waals surface area contributed by atoms with Crippen molar-refractivity contribution in [3.8, 4) is 0 Å². The number of benzene rings is 1. The molecule has 3 aromatic rings. The maximum Gasteiger partial charge on any atom is 0.274 e. The highest BCUT2D eigenvalue weighted by Crippen LogP contribution is 2.14. The molecule has 0 bridgehead atoms. The number of hydrogen-bond donors (Lipinski definition) is 0. The Morgan fingerprint density at radius 3 is 2.70 bits per heavy atom. The molecule has 0 unspecified atom stereocenters. The number of fused-ring (bicyclic) bond motifs is 1. The van der Waals surface area contributed by atoms with Gasteiger partial charge in [0.1, 0.15) is 0 Å². The van der Waals surface area contributed by atoms with Crippen LogP contribution < -0.4 is 0 Å². The van der Waals surface area contributed by atoms with Gasteiger partial charge in [-0.15, -0.1) is 0 Å². The fraction of sp³-hybridized carbons (Fsp3) is 0.278. The van der Waals surface area contributed by atoms with Gasteiger partial charge in [0.2, 0.25) is 0 Å². The van der Waals surface area contributed by atoms with Crippen LogP contribution in [0.2, 0.25) is 0 Å². The highest BCUT2D eigenvalue weighted by Gasteiger charge is 2.22. The molecular formula is C18H20N4O. The number of amides is 1. The summed E-state index contributed by atoms with van der Waals surface area (Å²) >= 11 is 0. The molecule has 0 radical (unpaired) electrons. The molecule has 3 rings (SSSR count). The summed E-state index contributed by atoms with van der Waals surface area (Å²) in [6.07, 6.45) is 3.64. The number of hydrogen-bond acceptors (Lipinski definition) is 3. The highest BCUT2D eigenvalue weighted by atomic mass is 16.2. The minimum Gasteiger partial charge on any atom is -0.330 e. The molecule has 1 aromatic carbocycles. The number of aryl methyl sites for hydroxylation is 1. The predicted octanol–water partition coefficient (Wildman–Crippen LogP) is 3.09. The standard InChI is InChI=1S/C18H20N4O/c1-13(2)21(12-15-7-5-4-6-8-15)18(23)16-9-17-19-10-14(3)11-22(17)20-16/h4-11,13H,12H2,1-3H3. The van der Waals surface area contributed by atoms with E-state index in [0.29, 0.717) is 17.9 Å². The molecule has 0 atom stereocenters. The van der Waals surface area contributed by atoms with Crippen LogP contribution in [0.15, 0.2) is 48.8 Å². The molecule has 5 heteroatoms. The SMILES string of the molecule is Cc1cnc2cc(C(=O)N(Cc3ccccc3)C(C)C)nn2c1. The summed E-state index contributed by atoms with van der Waals surface area (Å²) in [5.41, 5.74) is 3.21. The van der Waals surface area contributed by atoms with E-state index < -0.39 is 0 Å². The van der Waals surface area contributed by atoms with Gasteiger partial charge in [-0.3, -0.25) is 4.79 Å². The summed E-state index contributed by atoms with van der Waals surface area (Å²) in [4.78, 5) is 19.0. The first-order chi connectivity index (χ1) is 11.0. The molecule has 2 heterocycles. The number of aromatic nitrogens is 3. The average Bonchev–Trinajstić information content (AvgIpc) is 2.95. The average molecular weight is 308 g/mol. The third-order valence-electron chi connectivity index (χ3n) is 3.74. The maximum absolute atomic E-state index is 12.9. The van der Waals surface area contributed by atoms with Crippen molar-refractivity contribution in [3.05, 3.63) is 65.6 Å². The van der Waals surface area contributed by atoms with Crippen LogP contribution in [0, 0.1) is 6.92 Å². The van der Waals surface area contributed by atoms with E-state index in [1.807, 2.05) is 62.2 Å².